The third kappa shape index (κ3) is 3.84. The molecule has 29 heavy (non-hydrogen) atoms. The fraction of sp³-hybridized carbons (Fsp3) is 0.368. The van der Waals surface area contributed by atoms with Gasteiger partial charge in [0.1, 0.15) is 11.4 Å². The van der Waals surface area contributed by atoms with Gasteiger partial charge in [0.05, 0.1) is 0 Å². The minimum atomic E-state index is -0.0665. The number of aryl methyl sites for hydroxylation is 1. The first-order chi connectivity index (χ1) is 14.0. The van der Waals surface area contributed by atoms with Crippen LogP contribution in [0.25, 0.3) is 11.5 Å². The Morgan fingerprint density at radius 2 is 2.00 bits per heavy atom. The maximum atomic E-state index is 12.7. The zero-order valence-corrected chi connectivity index (χ0v) is 18.0. The Balaban J connectivity index is 1.52. The van der Waals surface area contributed by atoms with Gasteiger partial charge in [-0.1, -0.05) is 23.4 Å². The Morgan fingerprint density at radius 1 is 1.24 bits per heavy atom. The molecule has 0 atom stereocenters. The highest BCUT2D eigenvalue weighted by Gasteiger charge is 2.29. The van der Waals surface area contributed by atoms with Crippen LogP contribution in [-0.2, 0) is 31.9 Å². The van der Waals surface area contributed by atoms with Crippen LogP contribution in [0.3, 0.4) is 0 Å². The van der Waals surface area contributed by atoms with Crippen molar-refractivity contribution in [2.24, 2.45) is 14.1 Å². The standard InChI is InChI=1S/C19H21ClN6O2S/c1-24-18(21-22-19(24)29-3)17-14-10-26(9-8-15(14)25(2)23-17)16(27)11-28-13-6-4-12(20)5-7-13/h4-7H,8-11H2,1-3H3. The lowest BCUT2D eigenvalue weighted by atomic mass is 10.0. The molecule has 1 amide bonds. The molecule has 1 aliphatic rings. The first-order valence-electron chi connectivity index (χ1n) is 9.12. The molecule has 0 unspecified atom stereocenters. The average molecular weight is 433 g/mol. The van der Waals surface area contributed by atoms with Crippen LogP contribution in [-0.4, -0.2) is 54.8 Å². The molecule has 2 aromatic heterocycles. The van der Waals surface area contributed by atoms with Crippen molar-refractivity contribution in [1.29, 1.82) is 0 Å². The third-order valence-corrected chi connectivity index (χ3v) is 5.97. The van der Waals surface area contributed by atoms with Gasteiger partial charge < -0.3 is 14.2 Å². The fourth-order valence-corrected chi connectivity index (χ4v) is 4.06. The lowest BCUT2D eigenvalue weighted by Gasteiger charge is -2.27. The first kappa shape index (κ1) is 19.8. The molecule has 0 saturated heterocycles. The van der Waals surface area contributed by atoms with Gasteiger partial charge in [-0.2, -0.15) is 5.10 Å². The quantitative estimate of drug-likeness (QED) is 0.576. The molecule has 0 aliphatic carbocycles. The number of aromatic nitrogens is 5. The van der Waals surface area contributed by atoms with Crippen LogP contribution in [0.4, 0.5) is 0 Å². The van der Waals surface area contributed by atoms with Crippen molar-refractivity contribution >= 4 is 29.3 Å². The summed E-state index contributed by atoms with van der Waals surface area (Å²) in [6, 6.07) is 6.97. The lowest BCUT2D eigenvalue weighted by molar-refractivity contribution is -0.134. The monoisotopic (exact) mass is 432 g/mol. The molecule has 0 N–H and O–H groups in total. The second kappa shape index (κ2) is 8.08. The molecule has 1 aliphatic heterocycles. The van der Waals surface area contributed by atoms with Crippen LogP contribution in [0.15, 0.2) is 29.4 Å². The minimum Gasteiger partial charge on any atom is -0.484 e. The van der Waals surface area contributed by atoms with Crippen molar-refractivity contribution in [2.75, 3.05) is 19.4 Å². The van der Waals surface area contributed by atoms with E-state index < -0.39 is 0 Å². The molecule has 0 spiro atoms. The summed E-state index contributed by atoms with van der Waals surface area (Å²) < 4.78 is 9.43. The number of thioether (sulfide) groups is 1. The SMILES string of the molecule is CSc1nnc(-c2nn(C)c3c2CN(C(=O)COc2ccc(Cl)cc2)CC3)n1C. The van der Waals surface area contributed by atoms with E-state index in [1.807, 2.05) is 29.6 Å². The predicted octanol–water partition coefficient (Wildman–Crippen LogP) is 2.55. The summed E-state index contributed by atoms with van der Waals surface area (Å²) in [6.07, 6.45) is 2.70. The van der Waals surface area contributed by atoms with E-state index in [2.05, 4.69) is 15.3 Å². The van der Waals surface area contributed by atoms with Gasteiger partial charge in [0.15, 0.2) is 17.6 Å². The van der Waals surface area contributed by atoms with Crippen molar-refractivity contribution in [3.8, 4) is 17.3 Å². The largest absolute Gasteiger partial charge is 0.484 e. The van der Waals surface area contributed by atoms with E-state index >= 15 is 0 Å². The summed E-state index contributed by atoms with van der Waals surface area (Å²) in [7, 11) is 3.85. The molecule has 152 valence electrons. The van der Waals surface area contributed by atoms with E-state index in [1.54, 1.807) is 29.2 Å². The highest BCUT2D eigenvalue weighted by atomic mass is 35.5. The number of ether oxygens (including phenoxy) is 1. The predicted molar refractivity (Wildman–Crippen MR) is 111 cm³/mol. The van der Waals surface area contributed by atoms with E-state index in [0.29, 0.717) is 29.7 Å². The van der Waals surface area contributed by atoms with Gasteiger partial charge in [-0.15, -0.1) is 10.2 Å². The Morgan fingerprint density at radius 3 is 2.69 bits per heavy atom. The Kier molecular flexibility index (Phi) is 5.51. The number of amides is 1. The molecular formula is C19H21ClN6O2S. The van der Waals surface area contributed by atoms with Crippen LogP contribution in [0.2, 0.25) is 5.02 Å². The molecule has 0 radical (unpaired) electrons. The fourth-order valence-electron chi connectivity index (χ4n) is 3.45. The number of carbonyl (C=O) groups excluding carboxylic acids is 1. The smallest absolute Gasteiger partial charge is 0.260 e. The van der Waals surface area contributed by atoms with Crippen LogP contribution >= 0.6 is 23.4 Å². The minimum absolute atomic E-state index is 0.0207. The molecule has 0 saturated carbocycles. The lowest BCUT2D eigenvalue weighted by Crippen LogP contribution is -2.39. The summed E-state index contributed by atoms with van der Waals surface area (Å²) in [5.41, 5.74) is 2.91. The number of halogens is 1. The molecule has 8 nitrogen and oxygen atoms in total. The van der Waals surface area contributed by atoms with Gasteiger partial charge in [0.2, 0.25) is 0 Å². The zero-order valence-electron chi connectivity index (χ0n) is 16.4. The molecule has 4 rings (SSSR count). The summed E-state index contributed by atoms with van der Waals surface area (Å²) in [4.78, 5) is 14.5. The van der Waals surface area contributed by atoms with Gasteiger partial charge >= 0.3 is 0 Å². The number of fused-ring (bicyclic) bond motifs is 1. The van der Waals surface area contributed by atoms with Crippen molar-refractivity contribution in [3.05, 3.63) is 40.5 Å². The topological polar surface area (TPSA) is 78.1 Å². The van der Waals surface area contributed by atoms with Gasteiger partial charge in [-0.3, -0.25) is 9.48 Å². The van der Waals surface area contributed by atoms with E-state index in [0.717, 1.165) is 28.5 Å². The molecule has 3 heterocycles. The van der Waals surface area contributed by atoms with Crippen molar-refractivity contribution in [3.63, 3.8) is 0 Å². The third-order valence-electron chi connectivity index (χ3n) is 5.00. The van der Waals surface area contributed by atoms with E-state index in [-0.39, 0.29) is 12.5 Å². The summed E-state index contributed by atoms with van der Waals surface area (Å²) in [6.45, 7) is 1.08. The maximum absolute atomic E-state index is 12.7. The summed E-state index contributed by atoms with van der Waals surface area (Å²) >= 11 is 7.41. The molecule has 3 aromatic rings. The van der Waals surface area contributed by atoms with Crippen molar-refractivity contribution in [2.45, 2.75) is 18.1 Å². The number of rotatable bonds is 5. The highest BCUT2D eigenvalue weighted by Crippen LogP contribution is 2.30. The number of hydrogen-bond donors (Lipinski definition) is 0. The van der Waals surface area contributed by atoms with Crippen LogP contribution < -0.4 is 4.74 Å². The van der Waals surface area contributed by atoms with Gasteiger partial charge in [0, 0.05) is 49.9 Å². The van der Waals surface area contributed by atoms with Crippen LogP contribution in [0.1, 0.15) is 11.3 Å². The van der Waals surface area contributed by atoms with E-state index in [4.69, 9.17) is 16.3 Å². The Labute approximate surface area is 177 Å². The number of carbonyl (C=O) groups is 1. The number of nitrogens with zero attached hydrogens (tertiary/aromatic N) is 6. The number of hydrogen-bond acceptors (Lipinski definition) is 6. The number of benzene rings is 1. The summed E-state index contributed by atoms with van der Waals surface area (Å²) in [5, 5.41) is 14.6. The second-order valence-electron chi connectivity index (χ2n) is 6.77. The molecule has 10 heteroatoms. The van der Waals surface area contributed by atoms with Gasteiger partial charge in [-0.25, -0.2) is 0 Å². The van der Waals surface area contributed by atoms with Gasteiger partial charge in [-0.05, 0) is 30.5 Å². The average Bonchev–Trinajstić information content (AvgIpc) is 3.26. The van der Waals surface area contributed by atoms with Crippen molar-refractivity contribution in [1.82, 2.24) is 29.4 Å². The first-order valence-corrected chi connectivity index (χ1v) is 10.7. The van der Waals surface area contributed by atoms with Crippen molar-refractivity contribution < 1.29 is 9.53 Å². The summed E-state index contributed by atoms with van der Waals surface area (Å²) in [5.74, 6) is 1.26. The van der Waals surface area contributed by atoms with Crippen LogP contribution in [0.5, 0.6) is 5.75 Å². The normalized spacial score (nSPS) is 13.4. The van der Waals surface area contributed by atoms with Crippen LogP contribution in [0, 0.1) is 0 Å². The Hall–Kier alpha value is -2.52. The molecular weight excluding hydrogens is 412 g/mol. The highest BCUT2D eigenvalue weighted by molar-refractivity contribution is 7.98. The van der Waals surface area contributed by atoms with E-state index in [9.17, 15) is 4.79 Å². The second-order valence-corrected chi connectivity index (χ2v) is 7.98. The van der Waals surface area contributed by atoms with E-state index in [1.165, 1.54) is 11.8 Å². The molecule has 0 fully saturated rings. The van der Waals surface area contributed by atoms with Gasteiger partial charge in [0.25, 0.3) is 5.91 Å². The zero-order chi connectivity index (χ0) is 20.5. The molecule has 0 bridgehead atoms. The maximum Gasteiger partial charge on any atom is 0.260 e. The molecule has 1 aromatic carbocycles. The Bertz CT molecular complexity index is 1050.